The molecule has 0 saturated heterocycles. The number of alkyl halides is 1. The maximum atomic E-state index is 12.6. The van der Waals surface area contributed by atoms with Crippen molar-refractivity contribution in [2.45, 2.75) is 26.1 Å². The van der Waals surface area contributed by atoms with Crippen molar-refractivity contribution < 1.29 is 9.59 Å². The monoisotopic (exact) mass is 396 g/mol. The Labute approximate surface area is 168 Å². The number of benzene rings is 2. The third kappa shape index (κ3) is 4.23. The van der Waals surface area contributed by atoms with Crippen LogP contribution in [-0.4, -0.2) is 27.0 Å². The van der Waals surface area contributed by atoms with E-state index < -0.39 is 5.38 Å². The molecule has 2 amide bonds. The number of aryl methyl sites for hydroxylation is 1. The molecule has 3 rings (SSSR count). The normalized spacial score (nSPS) is 11.7. The predicted octanol–water partition coefficient (Wildman–Crippen LogP) is 4.31. The van der Waals surface area contributed by atoms with Gasteiger partial charge in [-0.05, 0) is 57.2 Å². The topological polar surface area (TPSA) is 76.0 Å². The molecule has 0 saturated carbocycles. The summed E-state index contributed by atoms with van der Waals surface area (Å²) in [5.41, 5.74) is 4.24. The molecule has 2 aromatic carbocycles. The zero-order chi connectivity index (χ0) is 20.3. The van der Waals surface area contributed by atoms with E-state index in [1.54, 1.807) is 35.9 Å². The number of rotatable bonds is 5. The molecule has 0 bridgehead atoms. The summed E-state index contributed by atoms with van der Waals surface area (Å²) in [5, 5.41) is 9.52. The lowest BCUT2D eigenvalue weighted by molar-refractivity contribution is -0.115. The number of hydrogen-bond donors (Lipinski definition) is 2. The minimum atomic E-state index is -0.630. The van der Waals surface area contributed by atoms with Crippen LogP contribution in [0.1, 0.15) is 28.7 Å². The first-order valence-corrected chi connectivity index (χ1v) is 9.28. The highest BCUT2D eigenvalue weighted by molar-refractivity contribution is 6.32. The molecule has 1 aromatic heterocycles. The Morgan fingerprint density at radius 2 is 1.64 bits per heavy atom. The van der Waals surface area contributed by atoms with Gasteiger partial charge in [-0.3, -0.25) is 9.59 Å². The van der Waals surface area contributed by atoms with E-state index in [1.807, 2.05) is 44.2 Å². The molecule has 0 aliphatic rings. The first-order valence-electron chi connectivity index (χ1n) is 8.85. The highest BCUT2D eigenvalue weighted by Crippen LogP contribution is 2.23. The van der Waals surface area contributed by atoms with Crippen LogP contribution in [0.5, 0.6) is 0 Å². The number of amides is 2. The largest absolute Gasteiger partial charge is 0.325 e. The number of carbonyl (C=O) groups is 2. The lowest BCUT2D eigenvalue weighted by Gasteiger charge is -2.09. The van der Waals surface area contributed by atoms with Gasteiger partial charge in [0.2, 0.25) is 5.91 Å². The molecule has 0 aliphatic heterocycles. The summed E-state index contributed by atoms with van der Waals surface area (Å²) in [7, 11) is 0. The van der Waals surface area contributed by atoms with E-state index in [1.165, 1.54) is 0 Å². The zero-order valence-electron chi connectivity index (χ0n) is 15.9. The number of nitrogens with one attached hydrogen (secondary N) is 2. The molecular weight excluding hydrogens is 376 g/mol. The van der Waals surface area contributed by atoms with Gasteiger partial charge in [-0.15, -0.1) is 11.6 Å². The minimum absolute atomic E-state index is 0.248. The highest BCUT2D eigenvalue weighted by Gasteiger charge is 2.16. The lowest BCUT2D eigenvalue weighted by Crippen LogP contribution is -2.20. The fourth-order valence-electron chi connectivity index (χ4n) is 2.78. The van der Waals surface area contributed by atoms with E-state index in [9.17, 15) is 9.59 Å². The number of halogens is 1. The van der Waals surface area contributed by atoms with E-state index in [0.29, 0.717) is 16.9 Å². The van der Waals surface area contributed by atoms with Gasteiger partial charge in [0.15, 0.2) is 0 Å². The molecule has 1 atom stereocenters. The fraction of sp³-hybridized carbons (Fsp3) is 0.190. The standard InChI is InChI=1S/C21H21ClN4O2/c1-13(22)20(27)23-17-11-9-16(10-12-17)21(28)24-19-14(2)25-26(15(19)3)18-7-5-4-6-8-18/h4-13H,1-3H3,(H,23,27)(H,24,28). The summed E-state index contributed by atoms with van der Waals surface area (Å²) in [6, 6.07) is 16.4. The van der Waals surface area contributed by atoms with Gasteiger partial charge in [-0.25, -0.2) is 4.68 Å². The Hall–Kier alpha value is -3.12. The molecule has 6 nitrogen and oxygen atoms in total. The lowest BCUT2D eigenvalue weighted by atomic mass is 10.2. The first-order chi connectivity index (χ1) is 13.4. The van der Waals surface area contributed by atoms with E-state index in [2.05, 4.69) is 15.7 Å². The van der Waals surface area contributed by atoms with Crippen LogP contribution >= 0.6 is 11.6 Å². The highest BCUT2D eigenvalue weighted by atomic mass is 35.5. The van der Waals surface area contributed by atoms with Crippen molar-refractivity contribution >= 4 is 34.8 Å². The van der Waals surface area contributed by atoms with Gasteiger partial charge < -0.3 is 10.6 Å². The van der Waals surface area contributed by atoms with Gasteiger partial charge in [-0.2, -0.15) is 5.10 Å². The SMILES string of the molecule is Cc1nn(-c2ccccc2)c(C)c1NC(=O)c1ccc(NC(=O)C(C)Cl)cc1. The molecule has 1 unspecified atom stereocenters. The Bertz CT molecular complexity index is 995. The van der Waals surface area contributed by atoms with Crippen LogP contribution < -0.4 is 10.6 Å². The second-order valence-electron chi connectivity index (χ2n) is 6.43. The number of nitrogens with zero attached hydrogens (tertiary/aromatic N) is 2. The van der Waals surface area contributed by atoms with Gasteiger partial charge >= 0.3 is 0 Å². The minimum Gasteiger partial charge on any atom is -0.325 e. The van der Waals surface area contributed by atoms with Gasteiger partial charge in [0.05, 0.1) is 22.8 Å². The number of hydrogen-bond acceptors (Lipinski definition) is 3. The molecule has 0 radical (unpaired) electrons. The molecule has 7 heteroatoms. The van der Waals surface area contributed by atoms with Crippen LogP contribution in [-0.2, 0) is 4.79 Å². The van der Waals surface area contributed by atoms with Crippen LogP contribution in [0.25, 0.3) is 5.69 Å². The molecule has 28 heavy (non-hydrogen) atoms. The van der Waals surface area contributed by atoms with Crippen LogP contribution in [0.2, 0.25) is 0 Å². The predicted molar refractivity (Wildman–Crippen MR) is 111 cm³/mol. The summed E-state index contributed by atoms with van der Waals surface area (Å²) < 4.78 is 1.80. The molecule has 1 heterocycles. The maximum absolute atomic E-state index is 12.6. The number of carbonyl (C=O) groups excluding carboxylic acids is 2. The summed E-state index contributed by atoms with van der Waals surface area (Å²) in [6.45, 7) is 5.36. The summed E-state index contributed by atoms with van der Waals surface area (Å²) in [5.74, 6) is -0.541. The van der Waals surface area contributed by atoms with E-state index in [-0.39, 0.29) is 11.8 Å². The summed E-state index contributed by atoms with van der Waals surface area (Å²) >= 11 is 5.74. The number of anilines is 2. The van der Waals surface area contributed by atoms with Gasteiger partial charge in [0.1, 0.15) is 5.38 Å². The van der Waals surface area contributed by atoms with Gasteiger partial charge in [0.25, 0.3) is 5.91 Å². The molecular formula is C21H21ClN4O2. The second kappa shape index (κ2) is 8.27. The quantitative estimate of drug-likeness (QED) is 0.631. The van der Waals surface area contributed by atoms with Crippen molar-refractivity contribution in [2.75, 3.05) is 10.6 Å². The average molecular weight is 397 g/mol. The molecule has 0 aliphatic carbocycles. The second-order valence-corrected chi connectivity index (χ2v) is 7.08. The molecule has 144 valence electrons. The first kappa shape index (κ1) is 19.6. The molecule has 0 spiro atoms. The third-order valence-electron chi connectivity index (χ3n) is 4.31. The molecule has 2 N–H and O–H groups in total. The van der Waals surface area contributed by atoms with Crippen molar-refractivity contribution in [1.82, 2.24) is 9.78 Å². The van der Waals surface area contributed by atoms with Crippen molar-refractivity contribution in [2.24, 2.45) is 0 Å². The fourth-order valence-corrected chi connectivity index (χ4v) is 2.83. The zero-order valence-corrected chi connectivity index (χ0v) is 16.6. The summed E-state index contributed by atoms with van der Waals surface area (Å²) in [6.07, 6.45) is 0. The third-order valence-corrected chi connectivity index (χ3v) is 4.50. The molecule has 0 fully saturated rings. The van der Waals surface area contributed by atoms with Crippen LogP contribution in [0.4, 0.5) is 11.4 Å². The Kier molecular flexibility index (Phi) is 5.80. The smallest absolute Gasteiger partial charge is 0.255 e. The van der Waals surface area contributed by atoms with E-state index in [0.717, 1.165) is 17.1 Å². The molecule has 3 aromatic rings. The van der Waals surface area contributed by atoms with Crippen molar-refractivity contribution in [3.05, 3.63) is 71.5 Å². The van der Waals surface area contributed by atoms with Crippen molar-refractivity contribution in [3.63, 3.8) is 0 Å². The Morgan fingerprint density at radius 1 is 1.00 bits per heavy atom. The van der Waals surface area contributed by atoms with E-state index >= 15 is 0 Å². The van der Waals surface area contributed by atoms with Crippen LogP contribution in [0, 0.1) is 13.8 Å². The number of para-hydroxylation sites is 1. The number of aromatic nitrogens is 2. The van der Waals surface area contributed by atoms with E-state index in [4.69, 9.17) is 11.6 Å². The van der Waals surface area contributed by atoms with Crippen LogP contribution in [0.3, 0.4) is 0 Å². The van der Waals surface area contributed by atoms with Crippen LogP contribution in [0.15, 0.2) is 54.6 Å². The average Bonchev–Trinajstić information content (AvgIpc) is 2.97. The maximum Gasteiger partial charge on any atom is 0.255 e. The Morgan fingerprint density at radius 3 is 2.25 bits per heavy atom. The van der Waals surface area contributed by atoms with Crippen molar-refractivity contribution in [1.29, 1.82) is 0 Å². The van der Waals surface area contributed by atoms with Gasteiger partial charge in [0, 0.05) is 11.3 Å². The summed E-state index contributed by atoms with van der Waals surface area (Å²) in [4.78, 5) is 24.3. The van der Waals surface area contributed by atoms with Gasteiger partial charge in [-0.1, -0.05) is 18.2 Å². The Balaban J connectivity index is 1.76. The van der Waals surface area contributed by atoms with Crippen molar-refractivity contribution in [3.8, 4) is 5.69 Å².